The third kappa shape index (κ3) is 2.37. The van der Waals surface area contributed by atoms with Crippen molar-refractivity contribution in [3.8, 4) is 11.5 Å². The van der Waals surface area contributed by atoms with E-state index in [1.807, 2.05) is 25.2 Å². The van der Waals surface area contributed by atoms with Gasteiger partial charge < -0.3 is 33.3 Å². The van der Waals surface area contributed by atoms with E-state index in [0.29, 0.717) is 29.9 Å². The predicted molar refractivity (Wildman–Crippen MR) is 124 cm³/mol. The average molecular weight is 494 g/mol. The van der Waals surface area contributed by atoms with Crippen molar-refractivity contribution >= 4 is 11.9 Å². The van der Waals surface area contributed by atoms with E-state index in [1.165, 1.54) is 0 Å². The molecule has 2 saturated heterocycles. The molecule has 9 nitrogen and oxygen atoms in total. The van der Waals surface area contributed by atoms with Crippen molar-refractivity contribution in [3.05, 3.63) is 59.2 Å². The Morgan fingerprint density at radius 3 is 2.56 bits per heavy atom. The number of benzene rings is 2. The van der Waals surface area contributed by atoms with Gasteiger partial charge in [0.1, 0.15) is 11.6 Å². The van der Waals surface area contributed by atoms with Gasteiger partial charge in [-0.1, -0.05) is 18.2 Å². The molecular weight excluding hydrogens is 466 g/mol. The quantitative estimate of drug-likeness (QED) is 0.601. The third-order valence-electron chi connectivity index (χ3n) is 9.06. The van der Waals surface area contributed by atoms with Gasteiger partial charge in [-0.2, -0.15) is 0 Å². The fourth-order valence-electron chi connectivity index (χ4n) is 7.72. The number of nitrogens with zero attached hydrogens (tertiary/aromatic N) is 1. The second-order valence-electron chi connectivity index (χ2n) is 10.2. The maximum atomic E-state index is 13.5. The van der Waals surface area contributed by atoms with Gasteiger partial charge in [0.2, 0.25) is 18.5 Å². The minimum absolute atomic E-state index is 0.0175. The molecule has 2 aliphatic carbocycles. The summed E-state index contributed by atoms with van der Waals surface area (Å²) in [6.45, 7) is 0.145. The van der Waals surface area contributed by atoms with Gasteiger partial charge in [0, 0.05) is 39.5 Å². The van der Waals surface area contributed by atoms with Crippen LogP contribution in [0.15, 0.2) is 42.5 Å². The van der Waals surface area contributed by atoms with Crippen LogP contribution in [0.1, 0.15) is 46.9 Å². The maximum Gasteiger partial charge on any atom is 0.338 e. The number of rotatable bonds is 4. The number of ether oxygens (including phenoxy) is 6. The van der Waals surface area contributed by atoms with Crippen LogP contribution < -0.4 is 9.47 Å². The second kappa shape index (κ2) is 7.21. The number of carbonyl (C=O) groups excluding carboxylic acids is 2. The van der Waals surface area contributed by atoms with Crippen LogP contribution >= 0.6 is 0 Å². The molecule has 0 radical (unpaired) electrons. The normalized spacial score (nSPS) is 37.0. The highest BCUT2D eigenvalue weighted by atomic mass is 16.7. The molecule has 9 heteroatoms. The molecule has 2 aromatic rings. The number of likely N-dealkylation sites (N-methyl/N-ethyl adjacent to an activating group) is 1. The van der Waals surface area contributed by atoms with Crippen LogP contribution in [0.4, 0.5) is 0 Å². The predicted octanol–water partition coefficient (Wildman–Crippen LogP) is 2.72. The third-order valence-corrected chi connectivity index (χ3v) is 9.06. The Balaban J connectivity index is 1.44. The number of hydrogen-bond acceptors (Lipinski definition) is 8. The van der Waals surface area contributed by atoms with E-state index in [0.717, 1.165) is 11.1 Å². The fraction of sp³-hybridized carbons (Fsp3) is 0.481. The number of methoxy groups -OCH3 is 2. The molecule has 1 saturated carbocycles. The number of hydrogen-bond donors (Lipinski definition) is 0. The molecule has 3 heterocycles. The zero-order chi connectivity index (χ0) is 24.9. The van der Waals surface area contributed by atoms with Crippen LogP contribution in [0.2, 0.25) is 0 Å². The SMILES string of the molecule is CO[C@H]1[C@@H](OC(=O)c2ccccc2)CC23CC(=O)N(C)C24C[C@@H](OC14OC)c1cc2c(cc13)OCO2. The average Bonchev–Trinajstić information content (AvgIpc) is 3.55. The number of esters is 1. The van der Waals surface area contributed by atoms with Crippen molar-refractivity contribution in [2.24, 2.45) is 0 Å². The first-order valence-electron chi connectivity index (χ1n) is 12.1. The van der Waals surface area contributed by atoms with Crippen LogP contribution in [0.3, 0.4) is 0 Å². The summed E-state index contributed by atoms with van der Waals surface area (Å²) in [5.74, 6) is -0.554. The molecule has 36 heavy (non-hydrogen) atoms. The first-order valence-corrected chi connectivity index (χ1v) is 12.1. The molecule has 1 spiro atoms. The van der Waals surface area contributed by atoms with Crippen molar-refractivity contribution in [2.75, 3.05) is 28.1 Å². The monoisotopic (exact) mass is 493 g/mol. The highest BCUT2D eigenvalue weighted by Crippen LogP contribution is 2.72. The van der Waals surface area contributed by atoms with Crippen molar-refractivity contribution < 1.29 is 38.0 Å². The highest BCUT2D eigenvalue weighted by molar-refractivity contribution is 5.89. The Hall–Kier alpha value is -3.14. The second-order valence-corrected chi connectivity index (χ2v) is 10.2. The first-order chi connectivity index (χ1) is 17.4. The molecule has 7 rings (SSSR count). The summed E-state index contributed by atoms with van der Waals surface area (Å²) in [6.07, 6.45) is -0.728. The number of amides is 1. The molecule has 2 aromatic carbocycles. The lowest BCUT2D eigenvalue weighted by Gasteiger charge is -2.61. The molecule has 3 fully saturated rings. The zero-order valence-corrected chi connectivity index (χ0v) is 20.3. The minimum atomic E-state index is -1.36. The van der Waals surface area contributed by atoms with E-state index in [2.05, 4.69) is 0 Å². The summed E-state index contributed by atoms with van der Waals surface area (Å²) < 4.78 is 36.6. The lowest BCUT2D eigenvalue weighted by molar-refractivity contribution is -0.338. The molecule has 1 amide bonds. The van der Waals surface area contributed by atoms with E-state index in [4.69, 9.17) is 28.4 Å². The lowest BCUT2D eigenvalue weighted by atomic mass is 9.50. The van der Waals surface area contributed by atoms with Gasteiger partial charge in [0.25, 0.3) is 0 Å². The van der Waals surface area contributed by atoms with Crippen molar-refractivity contribution in [2.45, 2.75) is 54.3 Å². The smallest absolute Gasteiger partial charge is 0.338 e. The zero-order valence-electron chi connectivity index (χ0n) is 20.3. The highest BCUT2D eigenvalue weighted by Gasteiger charge is 2.84. The summed E-state index contributed by atoms with van der Waals surface area (Å²) in [5, 5.41) is 0. The molecule has 6 atom stereocenters. The van der Waals surface area contributed by atoms with E-state index in [-0.39, 0.29) is 25.2 Å². The molecule has 188 valence electrons. The Bertz CT molecular complexity index is 1280. The Labute approximate surface area is 208 Å². The van der Waals surface area contributed by atoms with E-state index in [1.54, 1.807) is 43.4 Å². The summed E-state index contributed by atoms with van der Waals surface area (Å²) in [6, 6.07) is 12.8. The van der Waals surface area contributed by atoms with Crippen LogP contribution in [0.5, 0.6) is 11.5 Å². The molecule has 5 aliphatic rings. The van der Waals surface area contributed by atoms with Crippen molar-refractivity contribution in [3.63, 3.8) is 0 Å². The Kier molecular flexibility index (Phi) is 4.43. The van der Waals surface area contributed by atoms with Gasteiger partial charge in [-0.15, -0.1) is 0 Å². The minimum Gasteiger partial charge on any atom is -0.456 e. The Morgan fingerprint density at radius 2 is 1.83 bits per heavy atom. The summed E-state index contributed by atoms with van der Waals surface area (Å²) in [5.41, 5.74) is 0.729. The first kappa shape index (κ1) is 22.1. The summed E-state index contributed by atoms with van der Waals surface area (Å²) >= 11 is 0. The maximum absolute atomic E-state index is 13.5. The number of carbonyl (C=O) groups is 2. The largest absolute Gasteiger partial charge is 0.456 e. The van der Waals surface area contributed by atoms with Gasteiger partial charge in [0.15, 0.2) is 17.6 Å². The number of fused-ring (bicyclic) bond motifs is 4. The fourth-order valence-corrected chi connectivity index (χ4v) is 7.72. The van der Waals surface area contributed by atoms with Crippen LogP contribution in [0, 0.1) is 0 Å². The van der Waals surface area contributed by atoms with Crippen LogP contribution in [0.25, 0.3) is 0 Å². The summed E-state index contributed by atoms with van der Waals surface area (Å²) in [4.78, 5) is 28.5. The van der Waals surface area contributed by atoms with E-state index >= 15 is 0 Å². The van der Waals surface area contributed by atoms with Gasteiger partial charge in [-0.05, 0) is 41.8 Å². The Morgan fingerprint density at radius 1 is 1.08 bits per heavy atom. The lowest BCUT2D eigenvalue weighted by Crippen LogP contribution is -2.78. The molecule has 3 unspecified atom stereocenters. The topological polar surface area (TPSA) is 92.8 Å². The molecule has 0 aromatic heterocycles. The van der Waals surface area contributed by atoms with Crippen LogP contribution in [-0.2, 0) is 29.2 Å². The van der Waals surface area contributed by atoms with Gasteiger partial charge in [0.05, 0.1) is 11.7 Å². The van der Waals surface area contributed by atoms with E-state index < -0.39 is 34.9 Å². The van der Waals surface area contributed by atoms with E-state index in [9.17, 15) is 9.59 Å². The van der Waals surface area contributed by atoms with Gasteiger partial charge in [-0.25, -0.2) is 4.79 Å². The molecular formula is C27H27NO8. The van der Waals surface area contributed by atoms with Crippen molar-refractivity contribution in [1.82, 2.24) is 4.90 Å². The van der Waals surface area contributed by atoms with Crippen LogP contribution in [-0.4, -0.2) is 68.4 Å². The van der Waals surface area contributed by atoms with Gasteiger partial charge >= 0.3 is 5.97 Å². The standard InChI is InChI=1S/C27H27NO8/c1-28-22(29)13-25-11-21(35-24(30)15-7-5-4-6-8-15)23(31-2)27(32-3)26(25,28)12-20(36-27)16-9-18-19(10-17(16)25)34-14-33-18/h4-10,20-21,23H,11-14H2,1-3H3/t20-,21+,23+,25?,26?,27?/m1/s1. The molecule has 0 N–H and O–H groups in total. The molecule has 2 bridgehead atoms. The molecule has 3 aliphatic heterocycles. The van der Waals surface area contributed by atoms with Gasteiger partial charge in [-0.3, -0.25) is 4.79 Å². The number of likely N-dealkylation sites (tertiary alicyclic amines) is 1. The van der Waals surface area contributed by atoms with Crippen molar-refractivity contribution in [1.29, 1.82) is 0 Å². The summed E-state index contributed by atoms with van der Waals surface area (Å²) in [7, 11) is 4.94.